The Morgan fingerprint density at radius 2 is 1.68 bits per heavy atom. The van der Waals surface area contributed by atoms with Crippen LogP contribution in [0.2, 0.25) is 5.02 Å². The van der Waals surface area contributed by atoms with Crippen LogP contribution in [-0.2, 0) is 13.2 Å². The van der Waals surface area contributed by atoms with Crippen LogP contribution in [0.25, 0.3) is 10.8 Å². The van der Waals surface area contributed by atoms with Crippen molar-refractivity contribution >= 4 is 28.1 Å². The first kappa shape index (κ1) is 21.1. The Balaban J connectivity index is 1.53. The van der Waals surface area contributed by atoms with E-state index >= 15 is 0 Å². The Morgan fingerprint density at radius 3 is 2.52 bits per heavy atom. The number of hydrogen-bond donors (Lipinski definition) is 1. The molecule has 31 heavy (non-hydrogen) atoms. The lowest BCUT2D eigenvalue weighted by Crippen LogP contribution is -2.04. The maximum atomic E-state index is 6.60. The molecule has 0 radical (unpaired) electrons. The molecule has 0 atom stereocenters. The number of fused-ring (bicyclic) bond motifs is 1. The summed E-state index contributed by atoms with van der Waals surface area (Å²) in [6, 6.07) is 24.7. The van der Waals surface area contributed by atoms with Gasteiger partial charge in [-0.1, -0.05) is 66.2 Å². The van der Waals surface area contributed by atoms with Gasteiger partial charge < -0.3 is 14.8 Å². The largest absolute Gasteiger partial charge is 0.493 e. The SMILES string of the molecule is COc1cc(CNc2cccc(C)c2C)cc(Cl)c1OCc1cccc2ccccc12. The minimum Gasteiger partial charge on any atom is -0.493 e. The highest BCUT2D eigenvalue weighted by Gasteiger charge is 2.13. The zero-order valence-corrected chi connectivity index (χ0v) is 18.8. The van der Waals surface area contributed by atoms with E-state index in [4.69, 9.17) is 21.1 Å². The third kappa shape index (κ3) is 4.62. The van der Waals surface area contributed by atoms with Crippen molar-refractivity contribution in [1.29, 1.82) is 0 Å². The molecule has 4 aromatic rings. The van der Waals surface area contributed by atoms with E-state index in [1.807, 2.05) is 30.3 Å². The predicted molar refractivity (Wildman–Crippen MR) is 130 cm³/mol. The van der Waals surface area contributed by atoms with E-state index in [9.17, 15) is 0 Å². The molecule has 0 saturated carbocycles. The molecule has 0 aliphatic rings. The number of methoxy groups -OCH3 is 1. The highest BCUT2D eigenvalue weighted by atomic mass is 35.5. The lowest BCUT2D eigenvalue weighted by atomic mass is 10.1. The third-order valence-electron chi connectivity index (χ3n) is 5.63. The molecule has 4 aromatic carbocycles. The highest BCUT2D eigenvalue weighted by molar-refractivity contribution is 6.32. The fourth-order valence-corrected chi connectivity index (χ4v) is 4.01. The van der Waals surface area contributed by atoms with Crippen LogP contribution in [0.15, 0.2) is 72.8 Å². The van der Waals surface area contributed by atoms with Gasteiger partial charge in [0.05, 0.1) is 12.1 Å². The second kappa shape index (κ2) is 9.32. The van der Waals surface area contributed by atoms with Crippen molar-refractivity contribution in [2.75, 3.05) is 12.4 Å². The number of rotatable bonds is 7. The van der Waals surface area contributed by atoms with Crippen molar-refractivity contribution < 1.29 is 9.47 Å². The molecule has 0 saturated heterocycles. The van der Waals surface area contributed by atoms with Gasteiger partial charge in [-0.25, -0.2) is 0 Å². The summed E-state index contributed by atoms with van der Waals surface area (Å²) in [6.45, 7) is 5.29. The summed E-state index contributed by atoms with van der Waals surface area (Å²) in [7, 11) is 1.64. The number of anilines is 1. The van der Waals surface area contributed by atoms with Gasteiger partial charge in [0.25, 0.3) is 0 Å². The molecule has 0 aliphatic carbocycles. The normalized spacial score (nSPS) is 10.8. The maximum absolute atomic E-state index is 6.60. The summed E-state index contributed by atoms with van der Waals surface area (Å²) < 4.78 is 11.7. The first-order valence-corrected chi connectivity index (χ1v) is 10.7. The summed E-state index contributed by atoms with van der Waals surface area (Å²) in [5.74, 6) is 1.19. The molecule has 4 heteroatoms. The van der Waals surface area contributed by atoms with Gasteiger partial charge in [-0.3, -0.25) is 0 Å². The van der Waals surface area contributed by atoms with Crippen LogP contribution in [0.1, 0.15) is 22.3 Å². The van der Waals surface area contributed by atoms with Gasteiger partial charge in [-0.05, 0) is 65.1 Å². The number of halogens is 1. The third-order valence-corrected chi connectivity index (χ3v) is 5.91. The minimum absolute atomic E-state index is 0.414. The molecule has 0 spiro atoms. The number of hydrogen-bond acceptors (Lipinski definition) is 3. The molecule has 0 unspecified atom stereocenters. The van der Waals surface area contributed by atoms with E-state index in [1.165, 1.54) is 21.9 Å². The fraction of sp³-hybridized carbons (Fsp3) is 0.185. The van der Waals surface area contributed by atoms with Gasteiger partial charge in [0.15, 0.2) is 11.5 Å². The van der Waals surface area contributed by atoms with E-state index in [1.54, 1.807) is 7.11 Å². The van der Waals surface area contributed by atoms with Crippen LogP contribution < -0.4 is 14.8 Å². The van der Waals surface area contributed by atoms with Crippen LogP contribution in [-0.4, -0.2) is 7.11 Å². The number of aryl methyl sites for hydroxylation is 1. The van der Waals surface area contributed by atoms with Crippen molar-refractivity contribution in [3.63, 3.8) is 0 Å². The molecular formula is C27H26ClNO2. The monoisotopic (exact) mass is 431 g/mol. The average molecular weight is 432 g/mol. The lowest BCUT2D eigenvalue weighted by molar-refractivity contribution is 0.285. The van der Waals surface area contributed by atoms with E-state index in [-0.39, 0.29) is 0 Å². The number of benzene rings is 4. The maximum Gasteiger partial charge on any atom is 0.180 e. The molecule has 0 fully saturated rings. The van der Waals surface area contributed by atoms with Crippen LogP contribution in [0.4, 0.5) is 5.69 Å². The van der Waals surface area contributed by atoms with Crippen LogP contribution in [0, 0.1) is 13.8 Å². The zero-order valence-electron chi connectivity index (χ0n) is 18.0. The van der Waals surface area contributed by atoms with Crippen molar-refractivity contribution in [2.24, 2.45) is 0 Å². The molecule has 4 rings (SSSR count). The molecule has 158 valence electrons. The van der Waals surface area contributed by atoms with Crippen molar-refractivity contribution in [1.82, 2.24) is 0 Å². The highest BCUT2D eigenvalue weighted by Crippen LogP contribution is 2.37. The molecule has 0 aromatic heterocycles. The van der Waals surface area contributed by atoms with Crippen LogP contribution in [0.3, 0.4) is 0 Å². The Bertz CT molecular complexity index is 1210. The van der Waals surface area contributed by atoms with Crippen LogP contribution in [0.5, 0.6) is 11.5 Å². The van der Waals surface area contributed by atoms with E-state index in [0.29, 0.717) is 29.7 Å². The van der Waals surface area contributed by atoms with Crippen molar-refractivity contribution in [2.45, 2.75) is 27.0 Å². The first-order chi connectivity index (χ1) is 15.1. The Morgan fingerprint density at radius 1 is 0.903 bits per heavy atom. The van der Waals surface area contributed by atoms with Crippen molar-refractivity contribution in [3.05, 3.63) is 100 Å². The second-order valence-electron chi connectivity index (χ2n) is 7.64. The summed E-state index contributed by atoms with van der Waals surface area (Å²) in [4.78, 5) is 0. The number of ether oxygens (including phenoxy) is 2. The van der Waals surface area contributed by atoms with Gasteiger partial charge in [-0.15, -0.1) is 0 Å². The van der Waals surface area contributed by atoms with Gasteiger partial charge >= 0.3 is 0 Å². The first-order valence-electron chi connectivity index (χ1n) is 10.3. The summed E-state index contributed by atoms with van der Waals surface area (Å²) in [5, 5.41) is 6.40. The predicted octanol–water partition coefficient (Wildman–Crippen LogP) is 7.31. The van der Waals surface area contributed by atoms with E-state index < -0.39 is 0 Å². The second-order valence-corrected chi connectivity index (χ2v) is 8.04. The lowest BCUT2D eigenvalue weighted by Gasteiger charge is -2.16. The van der Waals surface area contributed by atoms with Crippen LogP contribution >= 0.6 is 11.6 Å². The molecule has 3 nitrogen and oxygen atoms in total. The summed E-state index contributed by atoms with van der Waals surface area (Å²) in [6.07, 6.45) is 0. The molecule has 0 amide bonds. The standard InChI is InChI=1S/C27H26ClNO2/c1-18-8-6-13-25(19(18)2)29-16-20-14-24(28)27(26(15-20)30-3)31-17-22-11-7-10-21-9-4-5-12-23(21)22/h4-15,29H,16-17H2,1-3H3. The Labute approximate surface area is 188 Å². The van der Waals surface area contributed by atoms with E-state index in [0.717, 1.165) is 16.8 Å². The smallest absolute Gasteiger partial charge is 0.180 e. The summed E-state index contributed by atoms with van der Waals surface area (Å²) >= 11 is 6.60. The molecule has 1 N–H and O–H groups in total. The number of nitrogens with one attached hydrogen (secondary N) is 1. The van der Waals surface area contributed by atoms with Gasteiger partial charge in [0.1, 0.15) is 6.61 Å². The molecule has 0 aliphatic heterocycles. The molecular weight excluding hydrogens is 406 g/mol. The Hall–Kier alpha value is -3.17. The topological polar surface area (TPSA) is 30.5 Å². The summed E-state index contributed by atoms with van der Waals surface area (Å²) in [5.41, 5.74) is 5.76. The fourth-order valence-electron chi connectivity index (χ4n) is 3.72. The zero-order chi connectivity index (χ0) is 21.8. The van der Waals surface area contributed by atoms with E-state index in [2.05, 4.69) is 61.6 Å². The Kier molecular flexibility index (Phi) is 6.34. The van der Waals surface area contributed by atoms with Crippen molar-refractivity contribution in [3.8, 4) is 11.5 Å². The average Bonchev–Trinajstić information content (AvgIpc) is 2.79. The quantitative estimate of drug-likeness (QED) is 0.332. The van der Waals surface area contributed by atoms with Gasteiger partial charge in [0, 0.05) is 12.2 Å². The van der Waals surface area contributed by atoms with Gasteiger partial charge in [0.2, 0.25) is 0 Å². The molecule has 0 bridgehead atoms. The minimum atomic E-state index is 0.414. The van der Waals surface area contributed by atoms with Gasteiger partial charge in [-0.2, -0.15) is 0 Å². The molecule has 0 heterocycles.